The van der Waals surface area contributed by atoms with Crippen LogP contribution >= 0.6 is 0 Å². The van der Waals surface area contributed by atoms with Gasteiger partial charge in [0.25, 0.3) is 0 Å². The Bertz CT molecular complexity index is 1350. The van der Waals surface area contributed by atoms with Crippen LogP contribution < -0.4 is 9.47 Å². The van der Waals surface area contributed by atoms with E-state index in [9.17, 15) is 34.8 Å². The topological polar surface area (TPSA) is 96.2 Å². The Balaban J connectivity index is 2.31. The molecule has 0 bridgehead atoms. The summed E-state index contributed by atoms with van der Waals surface area (Å²) in [6.45, 7) is 4.86. The highest BCUT2D eigenvalue weighted by atomic mass is 32.2. The second kappa shape index (κ2) is 9.17. The summed E-state index contributed by atoms with van der Waals surface area (Å²) in [4.78, 5) is 8.42. The largest absolute Gasteiger partial charge is 0.573 e. The highest BCUT2D eigenvalue weighted by Gasteiger charge is 2.49. The van der Waals surface area contributed by atoms with Crippen molar-refractivity contribution in [2.75, 3.05) is 7.11 Å². The van der Waals surface area contributed by atoms with Crippen molar-refractivity contribution < 1.29 is 44.2 Å². The number of halogens is 6. The van der Waals surface area contributed by atoms with Gasteiger partial charge in [-0.25, -0.2) is 9.97 Å². The quantitative estimate of drug-likeness (QED) is 0.385. The molecule has 35 heavy (non-hydrogen) atoms. The van der Waals surface area contributed by atoms with Gasteiger partial charge in [-0.1, -0.05) is 13.8 Å². The molecule has 0 spiro atoms. The van der Waals surface area contributed by atoms with E-state index < -0.39 is 39.2 Å². The summed E-state index contributed by atoms with van der Waals surface area (Å²) in [7, 11) is -4.71. The molecule has 0 unspecified atom stereocenters. The molecule has 0 radical (unpaired) electrons. The van der Waals surface area contributed by atoms with Crippen LogP contribution in [-0.2, 0) is 10.0 Å². The van der Waals surface area contributed by atoms with E-state index in [0.29, 0.717) is 12.8 Å². The lowest BCUT2D eigenvalue weighted by Gasteiger charge is -2.14. The number of nitrogens with zero attached hydrogens (tertiary/aromatic N) is 4. The summed E-state index contributed by atoms with van der Waals surface area (Å²) in [5.74, 6) is -1.08. The van der Waals surface area contributed by atoms with Crippen LogP contribution in [-0.4, -0.2) is 46.6 Å². The fraction of sp³-hybridized carbons (Fsp3) is 0.450. The molecule has 0 N–H and O–H groups in total. The summed E-state index contributed by atoms with van der Waals surface area (Å²) in [6.07, 6.45) is -4.09. The Morgan fingerprint density at radius 3 is 2.20 bits per heavy atom. The van der Waals surface area contributed by atoms with Crippen molar-refractivity contribution in [3.05, 3.63) is 29.6 Å². The van der Waals surface area contributed by atoms with Gasteiger partial charge in [0.1, 0.15) is 17.0 Å². The van der Waals surface area contributed by atoms with Gasteiger partial charge in [0.2, 0.25) is 0 Å². The molecule has 0 saturated carbocycles. The van der Waals surface area contributed by atoms with Crippen LogP contribution in [0.1, 0.15) is 44.0 Å². The molecule has 0 saturated heterocycles. The van der Waals surface area contributed by atoms with E-state index in [-0.39, 0.29) is 38.0 Å². The predicted molar refractivity (Wildman–Crippen MR) is 112 cm³/mol. The Morgan fingerprint density at radius 2 is 1.69 bits per heavy atom. The average Bonchev–Trinajstić information content (AvgIpc) is 3.11. The molecule has 0 aliphatic rings. The van der Waals surface area contributed by atoms with Crippen molar-refractivity contribution in [2.24, 2.45) is 0 Å². The van der Waals surface area contributed by atoms with Gasteiger partial charge in [-0.3, -0.25) is 0 Å². The van der Waals surface area contributed by atoms with Gasteiger partial charge in [0.05, 0.1) is 24.2 Å². The third kappa shape index (κ3) is 4.99. The third-order valence-corrected chi connectivity index (χ3v) is 6.52. The molecule has 0 aliphatic carbocycles. The fourth-order valence-corrected chi connectivity index (χ4v) is 4.29. The van der Waals surface area contributed by atoms with E-state index in [1.165, 1.54) is 20.1 Å². The fourth-order valence-electron chi connectivity index (χ4n) is 3.54. The van der Waals surface area contributed by atoms with E-state index in [4.69, 9.17) is 4.74 Å². The maximum atomic E-state index is 13.3. The Kier molecular flexibility index (Phi) is 6.94. The highest BCUT2D eigenvalue weighted by molar-refractivity contribution is 7.90. The molecule has 3 aromatic rings. The molecular weight excluding hydrogens is 506 g/mol. The number of aryl methyl sites for hydroxylation is 1. The van der Waals surface area contributed by atoms with Gasteiger partial charge in [-0.2, -0.15) is 26.7 Å². The second-order valence-electron chi connectivity index (χ2n) is 7.43. The molecule has 15 heteroatoms. The zero-order valence-electron chi connectivity index (χ0n) is 18.8. The first-order valence-corrected chi connectivity index (χ1v) is 11.6. The lowest BCUT2D eigenvalue weighted by molar-refractivity contribution is -0.274. The zero-order chi connectivity index (χ0) is 26.3. The highest BCUT2D eigenvalue weighted by Crippen LogP contribution is 2.38. The molecule has 0 fully saturated rings. The number of rotatable bonds is 7. The SMILES string of the molecule is CCC(CC)c1nn(S(=O)(=O)C(F)(F)F)c2nc(C)c(-c3ccc(OC(F)(F)F)cc3OC)nc12. The van der Waals surface area contributed by atoms with Crippen LogP contribution in [0, 0.1) is 6.92 Å². The van der Waals surface area contributed by atoms with Crippen molar-refractivity contribution in [3.8, 4) is 22.8 Å². The Hall–Kier alpha value is -3.10. The van der Waals surface area contributed by atoms with Crippen LogP contribution in [0.4, 0.5) is 26.3 Å². The number of aromatic nitrogens is 4. The molecule has 0 atom stereocenters. The smallest absolute Gasteiger partial charge is 0.496 e. The normalized spacial score (nSPS) is 13.0. The number of methoxy groups -OCH3 is 1. The van der Waals surface area contributed by atoms with Crippen molar-refractivity contribution in [2.45, 2.75) is 51.4 Å². The standard InChI is InChI=1S/C20H20F6N4O4S/c1-5-11(6-2)16-17-18(30(29-16)35(31,32)20(24,25)26)27-10(3)15(28-17)13-8-7-12(9-14(13)33-4)34-19(21,22)23/h7-9,11H,5-6H2,1-4H3. The average molecular weight is 526 g/mol. The number of hydrogen-bond acceptors (Lipinski definition) is 7. The van der Waals surface area contributed by atoms with E-state index in [2.05, 4.69) is 19.8 Å². The first-order valence-electron chi connectivity index (χ1n) is 10.2. The van der Waals surface area contributed by atoms with Crippen molar-refractivity contribution in [3.63, 3.8) is 0 Å². The van der Waals surface area contributed by atoms with Gasteiger partial charge in [-0.05, 0) is 31.9 Å². The Morgan fingerprint density at radius 1 is 1.06 bits per heavy atom. The number of alkyl halides is 6. The van der Waals surface area contributed by atoms with Crippen LogP contribution in [0.5, 0.6) is 11.5 Å². The zero-order valence-corrected chi connectivity index (χ0v) is 19.6. The van der Waals surface area contributed by atoms with E-state index >= 15 is 0 Å². The minimum Gasteiger partial charge on any atom is -0.496 e. The monoisotopic (exact) mass is 526 g/mol. The molecule has 1 aromatic carbocycles. The number of hydrogen-bond donors (Lipinski definition) is 0. The van der Waals surface area contributed by atoms with E-state index in [0.717, 1.165) is 12.1 Å². The van der Waals surface area contributed by atoms with Crippen molar-refractivity contribution in [1.82, 2.24) is 19.2 Å². The Labute approximate surface area is 195 Å². The number of benzene rings is 1. The second-order valence-corrected chi connectivity index (χ2v) is 9.19. The lowest BCUT2D eigenvalue weighted by Crippen LogP contribution is -2.31. The molecule has 3 rings (SSSR count). The van der Waals surface area contributed by atoms with Crippen LogP contribution in [0.15, 0.2) is 18.2 Å². The summed E-state index contributed by atoms with van der Waals surface area (Å²) in [6, 6.07) is 3.19. The van der Waals surface area contributed by atoms with Crippen LogP contribution in [0.3, 0.4) is 0 Å². The first-order chi connectivity index (χ1) is 16.1. The maximum absolute atomic E-state index is 13.3. The van der Waals surface area contributed by atoms with Crippen LogP contribution in [0.25, 0.3) is 22.4 Å². The first kappa shape index (κ1) is 26.5. The third-order valence-electron chi connectivity index (χ3n) is 5.23. The van der Waals surface area contributed by atoms with Crippen molar-refractivity contribution in [1.29, 1.82) is 0 Å². The maximum Gasteiger partial charge on any atom is 0.573 e. The predicted octanol–water partition coefficient (Wildman–Crippen LogP) is 5.31. The van der Waals surface area contributed by atoms with Gasteiger partial charge in [0.15, 0.2) is 5.65 Å². The van der Waals surface area contributed by atoms with E-state index in [1.807, 2.05) is 0 Å². The number of ether oxygens (including phenoxy) is 2. The number of fused-ring (bicyclic) bond motifs is 1. The summed E-state index contributed by atoms with van der Waals surface area (Å²) < 4.78 is 111. The minimum absolute atomic E-state index is 0.00238. The van der Waals surface area contributed by atoms with Gasteiger partial charge < -0.3 is 9.47 Å². The molecular formula is C20H20F6N4O4S. The molecule has 0 aliphatic heterocycles. The van der Waals surface area contributed by atoms with Crippen molar-refractivity contribution >= 4 is 21.2 Å². The summed E-state index contributed by atoms with van der Waals surface area (Å²) in [5.41, 5.74) is -6.20. The van der Waals surface area contributed by atoms with Gasteiger partial charge >= 0.3 is 21.9 Å². The summed E-state index contributed by atoms with van der Waals surface area (Å²) in [5, 5.41) is 3.75. The lowest BCUT2D eigenvalue weighted by atomic mass is 9.99. The molecule has 2 aromatic heterocycles. The van der Waals surface area contributed by atoms with Gasteiger partial charge in [-0.15, -0.1) is 17.3 Å². The van der Waals surface area contributed by atoms with E-state index in [1.54, 1.807) is 13.8 Å². The molecule has 192 valence electrons. The van der Waals surface area contributed by atoms with Crippen LogP contribution in [0.2, 0.25) is 0 Å². The van der Waals surface area contributed by atoms with Gasteiger partial charge in [0, 0.05) is 17.5 Å². The summed E-state index contributed by atoms with van der Waals surface area (Å²) >= 11 is 0. The molecule has 8 nitrogen and oxygen atoms in total. The molecule has 2 heterocycles. The minimum atomic E-state index is -5.91. The molecule has 0 amide bonds.